The van der Waals surface area contributed by atoms with Crippen LogP contribution in [0.1, 0.15) is 35.2 Å². The van der Waals surface area contributed by atoms with Gasteiger partial charge in [-0.1, -0.05) is 61.0 Å². The van der Waals surface area contributed by atoms with E-state index < -0.39 is 0 Å². The Balaban J connectivity index is 2.40. The lowest BCUT2D eigenvalue weighted by molar-refractivity contribution is 0.848. The maximum Gasteiger partial charge on any atom is 0.0554 e. The van der Waals surface area contributed by atoms with Crippen molar-refractivity contribution in [2.24, 2.45) is 5.73 Å². The Morgan fingerprint density at radius 2 is 1.82 bits per heavy atom. The summed E-state index contributed by atoms with van der Waals surface area (Å²) in [5, 5.41) is 0. The van der Waals surface area contributed by atoms with Crippen molar-refractivity contribution in [3.63, 3.8) is 0 Å². The van der Waals surface area contributed by atoms with Crippen molar-refractivity contribution in [3.05, 3.63) is 70.8 Å². The minimum atomic E-state index is -0.0222. The van der Waals surface area contributed by atoms with E-state index in [0.29, 0.717) is 0 Å². The van der Waals surface area contributed by atoms with Crippen molar-refractivity contribution in [1.29, 1.82) is 0 Å². The van der Waals surface area contributed by atoms with E-state index in [-0.39, 0.29) is 6.04 Å². The van der Waals surface area contributed by atoms with Crippen molar-refractivity contribution in [2.45, 2.75) is 26.3 Å². The van der Waals surface area contributed by atoms with Crippen LogP contribution >= 0.6 is 0 Å². The average molecular weight is 225 g/mol. The van der Waals surface area contributed by atoms with E-state index in [1.807, 2.05) is 0 Å². The highest BCUT2D eigenvalue weighted by atomic mass is 14.6. The van der Waals surface area contributed by atoms with Gasteiger partial charge < -0.3 is 5.73 Å². The topological polar surface area (TPSA) is 26.0 Å². The number of aryl methyl sites for hydroxylation is 2. The summed E-state index contributed by atoms with van der Waals surface area (Å²) in [6.45, 7) is 4.27. The third kappa shape index (κ3) is 2.56. The quantitative estimate of drug-likeness (QED) is 0.848. The molecule has 1 nitrogen and oxygen atoms in total. The largest absolute Gasteiger partial charge is 0.320 e. The van der Waals surface area contributed by atoms with Crippen molar-refractivity contribution in [2.75, 3.05) is 0 Å². The normalized spacial score (nSPS) is 12.4. The van der Waals surface area contributed by atoms with Crippen LogP contribution in [0.15, 0.2) is 48.5 Å². The molecule has 0 aromatic heterocycles. The van der Waals surface area contributed by atoms with E-state index in [0.717, 1.165) is 6.42 Å². The van der Waals surface area contributed by atoms with Gasteiger partial charge in [0.2, 0.25) is 0 Å². The number of hydrogen-bond acceptors (Lipinski definition) is 1. The highest BCUT2D eigenvalue weighted by molar-refractivity contribution is 5.38. The van der Waals surface area contributed by atoms with Crippen molar-refractivity contribution in [1.82, 2.24) is 0 Å². The van der Waals surface area contributed by atoms with Crippen LogP contribution in [-0.2, 0) is 6.42 Å². The molecule has 0 fully saturated rings. The second kappa shape index (κ2) is 5.15. The fraction of sp³-hybridized carbons (Fsp3) is 0.250. The summed E-state index contributed by atoms with van der Waals surface area (Å²) >= 11 is 0. The predicted octanol–water partition coefficient (Wildman–Crippen LogP) is 3.61. The highest BCUT2D eigenvalue weighted by Crippen LogP contribution is 2.23. The molecule has 0 saturated carbocycles. The zero-order valence-electron chi connectivity index (χ0n) is 10.5. The van der Waals surface area contributed by atoms with Gasteiger partial charge in [0.1, 0.15) is 0 Å². The summed E-state index contributed by atoms with van der Waals surface area (Å²) in [5.74, 6) is 0. The number of nitrogens with two attached hydrogens (primary N) is 1. The molecule has 0 radical (unpaired) electrons. The van der Waals surface area contributed by atoms with Crippen LogP contribution in [0.3, 0.4) is 0 Å². The van der Waals surface area contributed by atoms with Gasteiger partial charge in [0, 0.05) is 0 Å². The van der Waals surface area contributed by atoms with E-state index in [1.165, 1.54) is 22.3 Å². The van der Waals surface area contributed by atoms with Crippen molar-refractivity contribution in [3.8, 4) is 0 Å². The second-order valence-corrected chi connectivity index (χ2v) is 4.44. The molecular formula is C16H19N. The molecule has 0 saturated heterocycles. The summed E-state index contributed by atoms with van der Waals surface area (Å²) in [5.41, 5.74) is 11.4. The minimum absolute atomic E-state index is 0.0222. The molecule has 2 aromatic rings. The molecule has 1 unspecified atom stereocenters. The number of rotatable bonds is 3. The van der Waals surface area contributed by atoms with Crippen LogP contribution in [0.4, 0.5) is 0 Å². The van der Waals surface area contributed by atoms with Gasteiger partial charge in [-0.15, -0.1) is 0 Å². The van der Waals surface area contributed by atoms with Gasteiger partial charge in [-0.3, -0.25) is 0 Å². The Hall–Kier alpha value is -1.60. The third-order valence-corrected chi connectivity index (χ3v) is 3.17. The van der Waals surface area contributed by atoms with Crippen LogP contribution in [0.5, 0.6) is 0 Å². The Morgan fingerprint density at radius 3 is 2.53 bits per heavy atom. The van der Waals surface area contributed by atoms with Crippen LogP contribution in [0.25, 0.3) is 0 Å². The molecule has 1 atom stereocenters. The summed E-state index contributed by atoms with van der Waals surface area (Å²) < 4.78 is 0. The third-order valence-electron chi connectivity index (χ3n) is 3.17. The lowest BCUT2D eigenvalue weighted by Crippen LogP contribution is -2.14. The molecule has 88 valence electrons. The van der Waals surface area contributed by atoms with Gasteiger partial charge in [-0.05, 0) is 30.0 Å². The standard InChI is InChI=1S/C16H19N/c1-3-13-8-4-5-10-15(13)16(17)14-9-6-7-12(2)11-14/h4-11,16H,3,17H2,1-2H3. The SMILES string of the molecule is CCc1ccccc1C(N)c1cccc(C)c1. The van der Waals surface area contributed by atoms with Crippen LogP contribution in [-0.4, -0.2) is 0 Å². The van der Waals surface area contributed by atoms with E-state index in [2.05, 4.69) is 62.4 Å². The summed E-state index contributed by atoms with van der Waals surface area (Å²) in [6, 6.07) is 16.8. The molecule has 0 bridgehead atoms. The lowest BCUT2D eigenvalue weighted by Gasteiger charge is -2.16. The molecule has 2 rings (SSSR count). The summed E-state index contributed by atoms with van der Waals surface area (Å²) in [4.78, 5) is 0. The predicted molar refractivity (Wildman–Crippen MR) is 73.0 cm³/mol. The van der Waals surface area contributed by atoms with Crippen molar-refractivity contribution < 1.29 is 0 Å². The van der Waals surface area contributed by atoms with Gasteiger partial charge in [0.15, 0.2) is 0 Å². The first-order valence-electron chi connectivity index (χ1n) is 6.12. The molecule has 0 amide bonds. The highest BCUT2D eigenvalue weighted by Gasteiger charge is 2.11. The molecule has 2 N–H and O–H groups in total. The first-order valence-corrected chi connectivity index (χ1v) is 6.12. The minimum Gasteiger partial charge on any atom is -0.320 e. The molecule has 0 heterocycles. The van der Waals surface area contributed by atoms with E-state index in [1.54, 1.807) is 0 Å². The fourth-order valence-corrected chi connectivity index (χ4v) is 2.20. The number of hydrogen-bond donors (Lipinski definition) is 1. The van der Waals surface area contributed by atoms with Crippen molar-refractivity contribution >= 4 is 0 Å². The van der Waals surface area contributed by atoms with Crippen LogP contribution in [0.2, 0.25) is 0 Å². The molecule has 1 heteroatoms. The van der Waals surface area contributed by atoms with Gasteiger partial charge in [-0.25, -0.2) is 0 Å². The molecule has 0 aliphatic heterocycles. The molecule has 0 aliphatic rings. The van der Waals surface area contributed by atoms with Gasteiger partial charge >= 0.3 is 0 Å². The zero-order valence-corrected chi connectivity index (χ0v) is 10.5. The fourth-order valence-electron chi connectivity index (χ4n) is 2.20. The Morgan fingerprint density at radius 1 is 1.06 bits per heavy atom. The zero-order chi connectivity index (χ0) is 12.3. The maximum atomic E-state index is 6.36. The van der Waals surface area contributed by atoms with Gasteiger partial charge in [0.05, 0.1) is 6.04 Å². The average Bonchev–Trinajstić information content (AvgIpc) is 2.38. The van der Waals surface area contributed by atoms with Gasteiger partial charge in [0.25, 0.3) is 0 Å². The monoisotopic (exact) mass is 225 g/mol. The van der Waals surface area contributed by atoms with E-state index in [9.17, 15) is 0 Å². The van der Waals surface area contributed by atoms with Gasteiger partial charge in [-0.2, -0.15) is 0 Å². The lowest BCUT2D eigenvalue weighted by atomic mass is 9.93. The van der Waals surface area contributed by atoms with Crippen LogP contribution in [0, 0.1) is 6.92 Å². The first-order chi connectivity index (χ1) is 8.22. The molecule has 2 aromatic carbocycles. The Bertz CT molecular complexity index is 502. The molecule has 0 aliphatic carbocycles. The molecular weight excluding hydrogens is 206 g/mol. The maximum absolute atomic E-state index is 6.36. The summed E-state index contributed by atoms with van der Waals surface area (Å²) in [6.07, 6.45) is 1.02. The molecule has 17 heavy (non-hydrogen) atoms. The van der Waals surface area contributed by atoms with Crippen LogP contribution < -0.4 is 5.73 Å². The Kier molecular flexibility index (Phi) is 3.60. The number of benzene rings is 2. The Labute approximate surface area is 103 Å². The smallest absolute Gasteiger partial charge is 0.0554 e. The van der Waals surface area contributed by atoms with E-state index in [4.69, 9.17) is 5.73 Å². The first kappa shape index (κ1) is 11.9. The molecule has 0 spiro atoms. The summed E-state index contributed by atoms with van der Waals surface area (Å²) in [7, 11) is 0. The second-order valence-electron chi connectivity index (χ2n) is 4.44. The van der Waals surface area contributed by atoms with E-state index >= 15 is 0 Å².